The van der Waals surface area contributed by atoms with Crippen LogP contribution in [0.2, 0.25) is 0 Å². The minimum Gasteiger partial charge on any atom is -1.00 e. The van der Waals surface area contributed by atoms with Gasteiger partial charge in [0.2, 0.25) is 0 Å². The summed E-state index contributed by atoms with van der Waals surface area (Å²) >= 11 is 0. The normalized spacial score (nSPS) is 11.0. The minimum atomic E-state index is -3.52. The molecular formula is C21H27F3N12O6S3. The fourth-order valence-electron chi connectivity index (χ4n) is 3.17. The molecule has 0 saturated carbocycles. The van der Waals surface area contributed by atoms with Gasteiger partial charge in [0.1, 0.15) is 56.2 Å². The van der Waals surface area contributed by atoms with Crippen molar-refractivity contribution in [3.05, 3.63) is 112 Å². The number of hydrogen-bond acceptors (Lipinski definition) is 9. The average molecular weight is 697 g/mol. The Balaban J connectivity index is 0.000000327. The summed E-state index contributed by atoms with van der Waals surface area (Å²) in [6.07, 6.45) is 25.9. The van der Waals surface area contributed by atoms with Crippen LogP contribution < -0.4 is 27.8 Å². The Morgan fingerprint density at radius 2 is 0.667 bits per heavy atom. The van der Waals surface area contributed by atoms with Gasteiger partial charge in [0, 0.05) is 37.2 Å². The fraction of sp³-hybridized carbons (Fsp3) is 0.143. The van der Waals surface area contributed by atoms with Crippen LogP contribution in [0.25, 0.3) is 0 Å². The molecule has 0 unspecified atom stereocenters. The number of nitrogens with zero attached hydrogens (tertiary/aromatic N) is 12. The molecule has 0 atom stereocenters. The molecule has 0 spiro atoms. The van der Waals surface area contributed by atoms with Gasteiger partial charge in [-0.25, -0.2) is 28.7 Å². The Morgan fingerprint density at radius 1 is 0.422 bits per heavy atom. The molecule has 0 radical (unpaired) electrons. The average Bonchev–Trinajstić information content (AvgIpc) is 3.78. The maximum atomic E-state index is 11.8. The van der Waals surface area contributed by atoms with Crippen molar-refractivity contribution in [1.82, 2.24) is 38.8 Å². The zero-order chi connectivity index (χ0) is 30.5. The smallest absolute Gasteiger partial charge is 0.408 e. The molecule has 6 heterocycles. The molecular weight excluding hydrogens is 670 g/mol. The third kappa shape index (κ3) is 8.51. The van der Waals surface area contributed by atoms with E-state index in [9.17, 15) is 25.3 Å². The summed E-state index contributed by atoms with van der Waals surface area (Å²) < 4.78 is 82.1. The zero-order valence-corrected chi connectivity index (χ0v) is 26.0. The predicted molar refractivity (Wildman–Crippen MR) is 143 cm³/mol. The summed E-state index contributed by atoms with van der Waals surface area (Å²) in [5.74, 6) is 0. The standard InChI is InChI=1S/3C7H9N4O2S.3FH/c3*1-9-4-5-11(7-9)14(12,13)10-3-2-8-6-10;;;/h3*2-7H,1H3;3*1H/q3*+1;;;/p-3. The molecule has 6 rings (SSSR count). The molecule has 6 aromatic heterocycles. The lowest BCUT2D eigenvalue weighted by molar-refractivity contribution is -0.670. The molecule has 0 aliphatic rings. The lowest BCUT2D eigenvalue weighted by Crippen LogP contribution is -3.00. The first kappa shape index (κ1) is 37.9. The SMILES string of the molecule is C[n+]1ccn(S(=O)(=O)n2ccnc2)c1.C[n+]1ccn(S(=O)(=O)n2ccnc2)c1.C[n+]1ccn(S(=O)(=O)n2ccnc2)c1.[F-].[F-].[F-]. The molecule has 0 fully saturated rings. The van der Waals surface area contributed by atoms with Gasteiger partial charge in [-0.1, -0.05) is 0 Å². The van der Waals surface area contributed by atoms with E-state index in [0.717, 1.165) is 23.8 Å². The van der Waals surface area contributed by atoms with Crippen LogP contribution in [0.1, 0.15) is 0 Å². The van der Waals surface area contributed by atoms with Gasteiger partial charge in [0.15, 0.2) is 0 Å². The van der Waals surface area contributed by atoms with Crippen LogP contribution in [0.4, 0.5) is 0 Å². The molecule has 0 bridgehead atoms. The van der Waals surface area contributed by atoms with Crippen LogP contribution in [0, 0.1) is 0 Å². The van der Waals surface area contributed by atoms with Crippen LogP contribution in [-0.4, -0.2) is 64.0 Å². The largest absolute Gasteiger partial charge is 1.00 e. The molecule has 18 nitrogen and oxygen atoms in total. The number of aryl methyl sites for hydroxylation is 3. The molecule has 0 aliphatic carbocycles. The molecule has 246 valence electrons. The number of rotatable bonds is 6. The fourth-order valence-corrected chi connectivity index (χ4v) is 6.40. The van der Waals surface area contributed by atoms with E-state index in [2.05, 4.69) is 15.0 Å². The summed E-state index contributed by atoms with van der Waals surface area (Å²) in [6.45, 7) is 0. The number of imidazole rings is 6. The maximum Gasteiger partial charge on any atom is 0.408 e. The van der Waals surface area contributed by atoms with Gasteiger partial charge in [-0.3, -0.25) is 0 Å². The molecule has 0 N–H and O–H groups in total. The van der Waals surface area contributed by atoms with E-state index in [0.29, 0.717) is 0 Å². The molecule has 0 saturated heterocycles. The molecule has 24 heteroatoms. The first-order chi connectivity index (χ1) is 19.8. The Kier molecular flexibility index (Phi) is 12.7. The second kappa shape index (κ2) is 15.1. The second-order valence-corrected chi connectivity index (χ2v) is 13.6. The summed E-state index contributed by atoms with van der Waals surface area (Å²) in [5.41, 5.74) is 0. The van der Waals surface area contributed by atoms with Crippen LogP contribution in [-0.2, 0) is 51.8 Å². The van der Waals surface area contributed by atoms with Crippen molar-refractivity contribution in [3.8, 4) is 0 Å². The Bertz CT molecular complexity index is 1830. The van der Waals surface area contributed by atoms with Crippen molar-refractivity contribution in [2.75, 3.05) is 0 Å². The Hall–Kier alpha value is -5.10. The van der Waals surface area contributed by atoms with Gasteiger partial charge in [-0.05, 0) is 0 Å². The summed E-state index contributed by atoms with van der Waals surface area (Å²) in [7, 11) is -5.32. The highest BCUT2D eigenvalue weighted by Crippen LogP contribution is 2.01. The van der Waals surface area contributed by atoms with Crippen molar-refractivity contribution in [2.45, 2.75) is 0 Å². The lowest BCUT2D eigenvalue weighted by Gasteiger charge is -1.97. The summed E-state index contributed by atoms with van der Waals surface area (Å²) in [5, 5.41) is 0. The van der Waals surface area contributed by atoms with Gasteiger partial charge in [-0.2, -0.15) is 37.2 Å². The first-order valence-corrected chi connectivity index (χ1v) is 15.8. The monoisotopic (exact) mass is 696 g/mol. The lowest BCUT2D eigenvalue weighted by atomic mass is 10.9. The molecule has 6 aromatic rings. The highest BCUT2D eigenvalue weighted by atomic mass is 32.2. The van der Waals surface area contributed by atoms with E-state index in [1.54, 1.807) is 53.4 Å². The van der Waals surface area contributed by atoms with E-state index in [-0.39, 0.29) is 14.1 Å². The first-order valence-electron chi connectivity index (χ1n) is 11.6. The van der Waals surface area contributed by atoms with Crippen molar-refractivity contribution in [2.24, 2.45) is 21.1 Å². The van der Waals surface area contributed by atoms with Gasteiger partial charge in [0.05, 0.1) is 21.1 Å². The summed E-state index contributed by atoms with van der Waals surface area (Å²) in [4.78, 5) is 11.1. The predicted octanol–water partition coefficient (Wildman–Crippen LogP) is -11.5. The van der Waals surface area contributed by atoms with Gasteiger partial charge < -0.3 is 14.1 Å². The van der Waals surface area contributed by atoms with Crippen LogP contribution in [0.5, 0.6) is 0 Å². The van der Waals surface area contributed by atoms with Crippen molar-refractivity contribution < 1.29 is 53.1 Å². The zero-order valence-electron chi connectivity index (χ0n) is 23.6. The highest BCUT2D eigenvalue weighted by molar-refractivity contribution is 7.88. The second-order valence-electron chi connectivity index (χ2n) is 8.43. The molecule has 45 heavy (non-hydrogen) atoms. The Morgan fingerprint density at radius 3 is 0.822 bits per heavy atom. The van der Waals surface area contributed by atoms with E-state index >= 15 is 0 Å². The number of halogens is 3. The van der Waals surface area contributed by atoms with Crippen molar-refractivity contribution in [3.63, 3.8) is 0 Å². The maximum absolute atomic E-state index is 11.8. The van der Waals surface area contributed by atoms with E-state index in [4.69, 9.17) is 0 Å². The molecule has 0 aliphatic heterocycles. The summed E-state index contributed by atoms with van der Waals surface area (Å²) in [6, 6.07) is 0. The van der Waals surface area contributed by atoms with E-state index in [1.807, 2.05) is 0 Å². The molecule has 0 aromatic carbocycles. The van der Waals surface area contributed by atoms with E-state index < -0.39 is 30.6 Å². The quantitative estimate of drug-likeness (QED) is 0.153. The van der Waals surface area contributed by atoms with Gasteiger partial charge >= 0.3 is 30.6 Å². The highest BCUT2D eigenvalue weighted by Gasteiger charge is 2.22. The number of hydrogen-bond donors (Lipinski definition) is 0. The number of aromatic nitrogens is 12. The van der Waals surface area contributed by atoms with Crippen molar-refractivity contribution in [1.29, 1.82) is 0 Å². The Labute approximate surface area is 255 Å². The third-order valence-electron chi connectivity index (χ3n) is 5.27. The third-order valence-corrected chi connectivity index (χ3v) is 9.77. The van der Waals surface area contributed by atoms with Crippen LogP contribution in [0.15, 0.2) is 112 Å². The topological polar surface area (TPSA) is 182 Å². The van der Waals surface area contributed by atoms with Crippen LogP contribution >= 0.6 is 0 Å². The van der Waals surface area contributed by atoms with Crippen molar-refractivity contribution >= 4 is 30.6 Å². The van der Waals surface area contributed by atoms with Gasteiger partial charge in [0.25, 0.3) is 19.0 Å². The molecule has 0 amide bonds. The van der Waals surface area contributed by atoms with E-state index in [1.165, 1.54) is 93.7 Å². The minimum absolute atomic E-state index is 0. The van der Waals surface area contributed by atoms with Crippen LogP contribution in [0.3, 0.4) is 0 Å². The van der Waals surface area contributed by atoms with Gasteiger partial charge in [-0.15, -0.1) is 11.9 Å².